The summed E-state index contributed by atoms with van der Waals surface area (Å²) in [4.78, 5) is 26.7. The number of rotatable bonds is 31. The average molecular weight is 582 g/mol. The Bertz CT molecular complexity index is 580. The quantitative estimate of drug-likeness (QED) is 0.0602. The molecular formula is C36H71NO4. The summed E-state index contributed by atoms with van der Waals surface area (Å²) in [5, 5.41) is 0. The maximum atomic E-state index is 12.3. The highest BCUT2D eigenvalue weighted by Gasteiger charge is 2.15. The second-order valence-corrected chi connectivity index (χ2v) is 12.8. The monoisotopic (exact) mass is 582 g/mol. The number of carbonyl (C=O) groups excluding carboxylic acids is 2. The van der Waals surface area contributed by atoms with Crippen molar-refractivity contribution in [3.63, 3.8) is 0 Å². The Morgan fingerprint density at radius 1 is 0.537 bits per heavy atom. The van der Waals surface area contributed by atoms with E-state index < -0.39 is 0 Å². The van der Waals surface area contributed by atoms with Crippen LogP contribution in [0.15, 0.2) is 0 Å². The van der Waals surface area contributed by atoms with Crippen molar-refractivity contribution >= 4 is 11.9 Å². The Balaban J connectivity index is 4.10. The van der Waals surface area contributed by atoms with Gasteiger partial charge in [0.1, 0.15) is 6.10 Å². The summed E-state index contributed by atoms with van der Waals surface area (Å²) in [5.41, 5.74) is 0. The number of hydrogen-bond donors (Lipinski definition) is 0. The van der Waals surface area contributed by atoms with Crippen molar-refractivity contribution in [2.24, 2.45) is 5.92 Å². The van der Waals surface area contributed by atoms with E-state index in [1.807, 2.05) is 19.0 Å². The zero-order chi connectivity index (χ0) is 30.4. The van der Waals surface area contributed by atoms with Crippen molar-refractivity contribution in [3.8, 4) is 0 Å². The van der Waals surface area contributed by atoms with E-state index >= 15 is 0 Å². The van der Waals surface area contributed by atoms with E-state index in [0.29, 0.717) is 25.4 Å². The predicted octanol–water partition coefficient (Wildman–Crippen LogP) is 10.4. The third-order valence-electron chi connectivity index (χ3n) is 8.26. The van der Waals surface area contributed by atoms with Gasteiger partial charge in [-0.25, -0.2) is 0 Å². The van der Waals surface area contributed by atoms with E-state index in [9.17, 15) is 9.59 Å². The van der Waals surface area contributed by atoms with Gasteiger partial charge in [0.25, 0.3) is 0 Å². The highest BCUT2D eigenvalue weighted by atomic mass is 16.5. The van der Waals surface area contributed by atoms with E-state index in [-0.39, 0.29) is 18.0 Å². The minimum absolute atomic E-state index is 0.00987. The van der Waals surface area contributed by atoms with Gasteiger partial charge in [0.05, 0.1) is 13.0 Å². The predicted molar refractivity (Wildman–Crippen MR) is 175 cm³/mol. The lowest BCUT2D eigenvalue weighted by Crippen LogP contribution is -2.22. The lowest BCUT2D eigenvalue weighted by atomic mass is 9.96. The molecule has 0 bridgehead atoms. The van der Waals surface area contributed by atoms with Crippen molar-refractivity contribution in [2.45, 2.75) is 187 Å². The van der Waals surface area contributed by atoms with Crippen molar-refractivity contribution in [1.29, 1.82) is 0 Å². The molecule has 0 N–H and O–H groups in total. The Morgan fingerprint density at radius 2 is 1.00 bits per heavy atom. The van der Waals surface area contributed by atoms with Gasteiger partial charge in [-0.05, 0) is 65.0 Å². The van der Waals surface area contributed by atoms with Gasteiger partial charge in [0.15, 0.2) is 0 Å². The Hall–Kier alpha value is -1.10. The number of esters is 2. The summed E-state index contributed by atoms with van der Waals surface area (Å²) >= 11 is 0. The molecule has 41 heavy (non-hydrogen) atoms. The molecule has 0 aromatic heterocycles. The normalized spacial score (nSPS) is 12.9. The zero-order valence-electron chi connectivity index (χ0n) is 28.3. The van der Waals surface area contributed by atoms with Crippen molar-refractivity contribution in [1.82, 2.24) is 4.90 Å². The van der Waals surface area contributed by atoms with Crippen LogP contribution in [-0.2, 0) is 19.1 Å². The van der Waals surface area contributed by atoms with E-state index in [1.165, 1.54) is 103 Å². The van der Waals surface area contributed by atoms with E-state index in [4.69, 9.17) is 9.47 Å². The molecule has 0 aromatic rings. The number of nitrogens with zero attached hydrogens (tertiary/aromatic N) is 1. The van der Waals surface area contributed by atoms with Gasteiger partial charge < -0.3 is 14.4 Å². The molecule has 0 radical (unpaired) electrons. The molecule has 2 unspecified atom stereocenters. The number of unbranched alkanes of at least 4 members (excludes halogenated alkanes) is 15. The highest BCUT2D eigenvalue weighted by molar-refractivity contribution is 5.69. The Labute approximate surface area is 256 Å². The van der Waals surface area contributed by atoms with E-state index in [2.05, 4.69) is 20.8 Å². The summed E-state index contributed by atoms with van der Waals surface area (Å²) < 4.78 is 11.6. The Morgan fingerprint density at radius 3 is 1.56 bits per heavy atom. The van der Waals surface area contributed by atoms with Crippen LogP contribution in [-0.4, -0.2) is 50.2 Å². The van der Waals surface area contributed by atoms with Crippen LogP contribution < -0.4 is 0 Å². The first-order valence-corrected chi connectivity index (χ1v) is 17.9. The SMILES string of the molecule is CCCCCCCCCC(CCCCCCCCC(=O)OCC(CCCC)CCCCCC)OC(=O)CCN(C)C. The summed E-state index contributed by atoms with van der Waals surface area (Å²) in [6, 6.07) is 0. The molecule has 0 rings (SSSR count). The number of ether oxygens (including phenoxy) is 2. The third kappa shape index (κ3) is 28.8. The van der Waals surface area contributed by atoms with Crippen LogP contribution in [0.4, 0.5) is 0 Å². The number of carbonyl (C=O) groups is 2. The molecular weight excluding hydrogens is 510 g/mol. The minimum atomic E-state index is -0.0493. The largest absolute Gasteiger partial charge is 0.465 e. The fourth-order valence-corrected chi connectivity index (χ4v) is 5.45. The lowest BCUT2D eigenvalue weighted by molar-refractivity contribution is -0.150. The molecule has 0 aromatic carbocycles. The third-order valence-corrected chi connectivity index (χ3v) is 8.26. The molecule has 0 fully saturated rings. The minimum Gasteiger partial charge on any atom is -0.465 e. The topological polar surface area (TPSA) is 55.8 Å². The summed E-state index contributed by atoms with van der Waals surface area (Å²) in [6.07, 6.45) is 28.7. The van der Waals surface area contributed by atoms with Gasteiger partial charge in [-0.3, -0.25) is 9.59 Å². The van der Waals surface area contributed by atoms with Gasteiger partial charge in [0.2, 0.25) is 0 Å². The molecule has 5 nitrogen and oxygen atoms in total. The maximum absolute atomic E-state index is 12.3. The Kier molecular flexibility index (Phi) is 29.5. The molecule has 0 heterocycles. The second kappa shape index (κ2) is 30.4. The van der Waals surface area contributed by atoms with Crippen LogP contribution in [0.5, 0.6) is 0 Å². The fourth-order valence-electron chi connectivity index (χ4n) is 5.45. The zero-order valence-corrected chi connectivity index (χ0v) is 28.3. The van der Waals surface area contributed by atoms with Gasteiger partial charge >= 0.3 is 11.9 Å². The molecule has 0 saturated heterocycles. The van der Waals surface area contributed by atoms with Gasteiger partial charge in [-0.15, -0.1) is 0 Å². The number of hydrogen-bond acceptors (Lipinski definition) is 5. The van der Waals surface area contributed by atoms with Crippen LogP contribution in [0, 0.1) is 5.92 Å². The first kappa shape index (κ1) is 39.9. The molecule has 244 valence electrons. The van der Waals surface area contributed by atoms with Gasteiger partial charge in [-0.2, -0.15) is 0 Å². The molecule has 0 amide bonds. The van der Waals surface area contributed by atoms with E-state index in [0.717, 1.165) is 51.5 Å². The van der Waals surface area contributed by atoms with Crippen LogP contribution >= 0.6 is 0 Å². The molecule has 0 aliphatic carbocycles. The van der Waals surface area contributed by atoms with Crippen LogP contribution in [0.3, 0.4) is 0 Å². The van der Waals surface area contributed by atoms with Gasteiger partial charge in [-0.1, -0.05) is 124 Å². The fraction of sp³-hybridized carbons (Fsp3) is 0.944. The van der Waals surface area contributed by atoms with Crippen LogP contribution in [0.25, 0.3) is 0 Å². The van der Waals surface area contributed by atoms with Crippen LogP contribution in [0.1, 0.15) is 181 Å². The average Bonchev–Trinajstić information content (AvgIpc) is 2.95. The summed E-state index contributed by atoms with van der Waals surface area (Å²) in [5.74, 6) is 0.480. The lowest BCUT2D eigenvalue weighted by Gasteiger charge is -2.19. The van der Waals surface area contributed by atoms with Crippen molar-refractivity contribution in [3.05, 3.63) is 0 Å². The standard InChI is InChI=1S/C36H71NO4/c1-6-9-12-14-15-18-22-27-34(41-36(39)30-31-37(4)5)28-23-19-16-17-20-24-29-35(38)40-32-33(25-11-8-3)26-21-13-10-7-2/h33-34H,6-32H2,1-5H3. The van der Waals surface area contributed by atoms with Crippen molar-refractivity contribution in [2.75, 3.05) is 27.2 Å². The maximum Gasteiger partial charge on any atom is 0.307 e. The summed E-state index contributed by atoms with van der Waals surface area (Å²) in [6.45, 7) is 8.10. The molecule has 0 aliphatic heterocycles. The molecule has 0 spiro atoms. The molecule has 0 aliphatic rings. The second-order valence-electron chi connectivity index (χ2n) is 12.8. The summed E-state index contributed by atoms with van der Waals surface area (Å²) in [7, 11) is 3.99. The van der Waals surface area contributed by atoms with Crippen molar-refractivity contribution < 1.29 is 19.1 Å². The highest BCUT2D eigenvalue weighted by Crippen LogP contribution is 2.20. The van der Waals surface area contributed by atoms with E-state index in [1.54, 1.807) is 0 Å². The molecule has 2 atom stereocenters. The molecule has 0 saturated carbocycles. The first-order chi connectivity index (χ1) is 19.9. The van der Waals surface area contributed by atoms with Crippen LogP contribution in [0.2, 0.25) is 0 Å². The van der Waals surface area contributed by atoms with Gasteiger partial charge in [0, 0.05) is 13.0 Å². The molecule has 5 heteroatoms. The first-order valence-electron chi connectivity index (χ1n) is 17.9. The smallest absolute Gasteiger partial charge is 0.307 e.